The number of anilines is 1. The van der Waals surface area contributed by atoms with Crippen molar-refractivity contribution >= 4 is 46.5 Å². The molecule has 0 spiro atoms. The van der Waals surface area contributed by atoms with Crippen LogP contribution in [0.4, 0.5) is 10.5 Å². The fraction of sp³-hybridized carbons (Fsp3) is 0.471. The summed E-state index contributed by atoms with van der Waals surface area (Å²) in [5.41, 5.74) is 0.395. The molecule has 1 aliphatic carbocycles. The lowest BCUT2D eigenvalue weighted by Gasteiger charge is -2.24. The Bertz CT molecular complexity index is 671. The largest absolute Gasteiger partial charge is 0.449 e. The van der Waals surface area contributed by atoms with Crippen LogP contribution in [0.3, 0.4) is 0 Å². The Morgan fingerprint density at radius 3 is 2.42 bits per heavy atom. The lowest BCUT2D eigenvalue weighted by atomic mass is 10.0. The zero-order valence-electron chi connectivity index (χ0n) is 13.6. The SMILES string of the molecule is CCOC(=O)N(CC)c1c(C(=O)CC(=O)C2CC2)ccc(Cl)c1Cl. The maximum absolute atomic E-state index is 12.6. The number of ketones is 2. The summed E-state index contributed by atoms with van der Waals surface area (Å²) < 4.78 is 5.02. The summed E-state index contributed by atoms with van der Waals surface area (Å²) in [4.78, 5) is 37.9. The van der Waals surface area contributed by atoms with Crippen LogP contribution in [-0.2, 0) is 9.53 Å². The van der Waals surface area contributed by atoms with Crippen LogP contribution in [0.25, 0.3) is 0 Å². The molecule has 1 aromatic rings. The molecule has 1 fully saturated rings. The van der Waals surface area contributed by atoms with E-state index >= 15 is 0 Å². The average Bonchev–Trinajstić information content (AvgIpc) is 3.37. The first kappa shape index (κ1) is 18.7. The zero-order valence-corrected chi connectivity index (χ0v) is 15.1. The molecule has 1 aliphatic rings. The van der Waals surface area contributed by atoms with E-state index in [-0.39, 0.29) is 58.4 Å². The van der Waals surface area contributed by atoms with Gasteiger partial charge in [-0.05, 0) is 38.8 Å². The quantitative estimate of drug-likeness (QED) is 0.521. The van der Waals surface area contributed by atoms with Gasteiger partial charge in [0.05, 0.1) is 28.8 Å². The molecule has 130 valence electrons. The standard InChI is InChI=1S/C17H19Cl2NO4/c1-3-20(17(23)24-4-2)16-11(7-8-12(18)15(16)19)14(22)9-13(21)10-5-6-10/h7-8,10H,3-6,9H2,1-2H3. The third-order valence-corrected chi connectivity index (χ3v) is 4.61. The van der Waals surface area contributed by atoms with E-state index in [9.17, 15) is 14.4 Å². The van der Waals surface area contributed by atoms with Gasteiger partial charge in [0.1, 0.15) is 5.78 Å². The highest BCUT2D eigenvalue weighted by molar-refractivity contribution is 6.44. The first-order valence-corrected chi connectivity index (χ1v) is 8.64. The summed E-state index contributed by atoms with van der Waals surface area (Å²) in [6.07, 6.45) is 0.858. The number of benzene rings is 1. The highest BCUT2D eigenvalue weighted by Crippen LogP contribution is 2.38. The lowest BCUT2D eigenvalue weighted by Crippen LogP contribution is -2.33. The van der Waals surface area contributed by atoms with Gasteiger partial charge in [-0.1, -0.05) is 23.2 Å². The Kier molecular flexibility index (Phi) is 6.24. The summed E-state index contributed by atoms with van der Waals surface area (Å²) in [5, 5.41) is 0.316. The van der Waals surface area contributed by atoms with E-state index < -0.39 is 6.09 Å². The van der Waals surface area contributed by atoms with Crippen LogP contribution in [0.2, 0.25) is 10.0 Å². The molecule has 5 nitrogen and oxygen atoms in total. The number of nitrogens with zero attached hydrogens (tertiary/aromatic N) is 1. The Labute approximate surface area is 150 Å². The van der Waals surface area contributed by atoms with Crippen LogP contribution in [0.1, 0.15) is 43.5 Å². The second kappa shape index (κ2) is 7.99. The van der Waals surface area contributed by atoms with Crippen LogP contribution in [0, 0.1) is 5.92 Å². The fourth-order valence-electron chi connectivity index (χ4n) is 2.41. The second-order valence-electron chi connectivity index (χ2n) is 5.54. The molecule has 24 heavy (non-hydrogen) atoms. The number of rotatable bonds is 7. The van der Waals surface area contributed by atoms with Gasteiger partial charge >= 0.3 is 6.09 Å². The smallest absolute Gasteiger partial charge is 0.414 e. The minimum atomic E-state index is -0.619. The number of carbonyl (C=O) groups excluding carboxylic acids is 3. The summed E-state index contributed by atoms with van der Waals surface area (Å²) >= 11 is 12.3. The van der Waals surface area contributed by atoms with Crippen LogP contribution in [0.5, 0.6) is 0 Å². The van der Waals surface area contributed by atoms with Gasteiger partial charge in [-0.2, -0.15) is 0 Å². The summed E-state index contributed by atoms with van der Waals surface area (Å²) in [7, 11) is 0. The van der Waals surface area contributed by atoms with Crippen LogP contribution in [0.15, 0.2) is 12.1 Å². The lowest BCUT2D eigenvalue weighted by molar-refractivity contribution is -0.119. The van der Waals surface area contributed by atoms with Gasteiger partial charge in [0.25, 0.3) is 0 Å². The molecule has 7 heteroatoms. The van der Waals surface area contributed by atoms with E-state index in [0.29, 0.717) is 0 Å². The normalized spacial score (nSPS) is 13.5. The van der Waals surface area contributed by atoms with E-state index in [1.165, 1.54) is 17.0 Å². The number of hydrogen-bond donors (Lipinski definition) is 0. The minimum absolute atomic E-state index is 0.00694. The van der Waals surface area contributed by atoms with Gasteiger partial charge in [-0.3, -0.25) is 14.5 Å². The zero-order chi connectivity index (χ0) is 17.9. The monoisotopic (exact) mass is 371 g/mol. The Hall–Kier alpha value is -1.59. The van der Waals surface area contributed by atoms with E-state index in [4.69, 9.17) is 27.9 Å². The molecular formula is C17H19Cl2NO4. The van der Waals surface area contributed by atoms with Crippen molar-refractivity contribution in [1.29, 1.82) is 0 Å². The number of ether oxygens (including phenoxy) is 1. The predicted molar refractivity (Wildman–Crippen MR) is 93.2 cm³/mol. The molecule has 1 amide bonds. The summed E-state index contributed by atoms with van der Waals surface area (Å²) in [5.74, 6) is -0.452. The molecule has 0 bridgehead atoms. The topological polar surface area (TPSA) is 63.7 Å². The van der Waals surface area contributed by atoms with Crippen LogP contribution in [-0.4, -0.2) is 30.8 Å². The van der Waals surface area contributed by atoms with Gasteiger partial charge in [0.15, 0.2) is 5.78 Å². The number of amides is 1. The molecule has 0 saturated heterocycles. The molecule has 0 N–H and O–H groups in total. The third-order valence-electron chi connectivity index (χ3n) is 3.81. The molecular weight excluding hydrogens is 353 g/mol. The van der Waals surface area contributed by atoms with Crippen molar-refractivity contribution in [3.63, 3.8) is 0 Å². The molecule has 0 heterocycles. The van der Waals surface area contributed by atoms with Gasteiger partial charge in [-0.25, -0.2) is 4.79 Å². The van der Waals surface area contributed by atoms with E-state index in [2.05, 4.69) is 0 Å². The highest BCUT2D eigenvalue weighted by atomic mass is 35.5. The molecule has 1 aromatic carbocycles. The molecule has 1 saturated carbocycles. The maximum atomic E-state index is 12.6. The predicted octanol–water partition coefficient (Wildman–Crippen LogP) is 4.53. The Morgan fingerprint density at radius 2 is 1.88 bits per heavy atom. The van der Waals surface area contributed by atoms with Gasteiger partial charge in [-0.15, -0.1) is 0 Å². The number of halogens is 2. The second-order valence-corrected chi connectivity index (χ2v) is 6.33. The van der Waals surface area contributed by atoms with Crippen molar-refractivity contribution in [2.75, 3.05) is 18.1 Å². The molecule has 0 aromatic heterocycles. The van der Waals surface area contributed by atoms with Crippen molar-refractivity contribution in [3.05, 3.63) is 27.7 Å². The number of Topliss-reactive ketones (excluding diaryl/α,β-unsaturated/α-hetero) is 2. The van der Waals surface area contributed by atoms with Crippen LogP contribution < -0.4 is 4.90 Å². The van der Waals surface area contributed by atoms with Crippen molar-refractivity contribution < 1.29 is 19.1 Å². The van der Waals surface area contributed by atoms with Crippen LogP contribution >= 0.6 is 23.2 Å². The first-order chi connectivity index (χ1) is 11.4. The molecule has 0 unspecified atom stereocenters. The van der Waals surface area contributed by atoms with Gasteiger partial charge < -0.3 is 4.74 Å². The first-order valence-electron chi connectivity index (χ1n) is 7.88. The molecule has 0 radical (unpaired) electrons. The van der Waals surface area contributed by atoms with Crippen molar-refractivity contribution in [2.24, 2.45) is 5.92 Å². The summed E-state index contributed by atoms with van der Waals surface area (Å²) in [6, 6.07) is 2.98. The fourth-order valence-corrected chi connectivity index (χ4v) is 2.83. The number of hydrogen-bond acceptors (Lipinski definition) is 4. The average molecular weight is 372 g/mol. The minimum Gasteiger partial charge on any atom is -0.449 e. The number of carbonyl (C=O) groups is 3. The molecule has 0 aliphatic heterocycles. The van der Waals surface area contributed by atoms with Crippen molar-refractivity contribution in [3.8, 4) is 0 Å². The van der Waals surface area contributed by atoms with Crippen molar-refractivity contribution in [2.45, 2.75) is 33.1 Å². The summed E-state index contributed by atoms with van der Waals surface area (Å²) in [6.45, 7) is 3.86. The Balaban J connectivity index is 2.40. The Morgan fingerprint density at radius 1 is 1.21 bits per heavy atom. The van der Waals surface area contributed by atoms with Crippen molar-refractivity contribution in [1.82, 2.24) is 0 Å². The van der Waals surface area contributed by atoms with Gasteiger partial charge in [0.2, 0.25) is 0 Å². The van der Waals surface area contributed by atoms with E-state index in [1.807, 2.05) is 0 Å². The maximum Gasteiger partial charge on any atom is 0.414 e. The highest BCUT2D eigenvalue weighted by Gasteiger charge is 2.32. The van der Waals surface area contributed by atoms with E-state index in [0.717, 1.165) is 12.8 Å². The van der Waals surface area contributed by atoms with Gasteiger partial charge in [0, 0.05) is 18.0 Å². The molecule has 2 rings (SSSR count). The molecule has 0 atom stereocenters. The van der Waals surface area contributed by atoms with E-state index in [1.54, 1.807) is 13.8 Å². The third kappa shape index (κ3) is 4.08.